The first-order chi connectivity index (χ1) is 13.5. The summed E-state index contributed by atoms with van der Waals surface area (Å²) < 4.78 is 2.35. The summed E-state index contributed by atoms with van der Waals surface area (Å²) in [7, 11) is 0. The van der Waals surface area contributed by atoms with Gasteiger partial charge in [0.25, 0.3) is 0 Å². The highest BCUT2D eigenvalue weighted by Gasteiger charge is 2.35. The van der Waals surface area contributed by atoms with Crippen LogP contribution in [0.4, 0.5) is 5.69 Å². The van der Waals surface area contributed by atoms with Crippen LogP contribution in [0.3, 0.4) is 0 Å². The lowest BCUT2D eigenvalue weighted by Crippen LogP contribution is -2.24. The zero-order valence-electron chi connectivity index (χ0n) is 17.3. The summed E-state index contributed by atoms with van der Waals surface area (Å²) in [6, 6.07) is 14.7. The van der Waals surface area contributed by atoms with Crippen molar-refractivity contribution in [3.8, 4) is 0 Å². The number of para-hydroxylation sites is 2. The molecule has 0 radical (unpaired) electrons. The summed E-state index contributed by atoms with van der Waals surface area (Å²) in [6.45, 7) is 10.3. The van der Waals surface area contributed by atoms with E-state index >= 15 is 0 Å². The predicted molar refractivity (Wildman–Crippen MR) is 115 cm³/mol. The highest BCUT2D eigenvalue weighted by atomic mass is 16.2. The lowest BCUT2D eigenvalue weighted by atomic mass is 10.1. The third kappa shape index (κ3) is 3.44. The van der Waals surface area contributed by atoms with Crippen molar-refractivity contribution in [2.45, 2.75) is 53.0 Å². The Labute approximate surface area is 167 Å². The maximum absolute atomic E-state index is 12.9. The molecule has 28 heavy (non-hydrogen) atoms. The van der Waals surface area contributed by atoms with Gasteiger partial charge in [-0.25, -0.2) is 4.98 Å². The van der Waals surface area contributed by atoms with E-state index in [1.165, 1.54) is 16.6 Å². The number of aryl methyl sites for hydroxylation is 2. The minimum atomic E-state index is 0.129. The fourth-order valence-corrected chi connectivity index (χ4v) is 4.28. The van der Waals surface area contributed by atoms with E-state index in [1.54, 1.807) is 0 Å². The van der Waals surface area contributed by atoms with Gasteiger partial charge in [-0.05, 0) is 55.2 Å². The van der Waals surface area contributed by atoms with Gasteiger partial charge in [0.05, 0.1) is 11.0 Å². The molecule has 1 fully saturated rings. The molecular formula is C24H29N3O. The Bertz CT molecular complexity index is 1000. The first-order valence-electron chi connectivity index (χ1n) is 10.3. The smallest absolute Gasteiger partial charge is 0.227 e. The molecule has 2 aromatic carbocycles. The number of fused-ring (bicyclic) bond motifs is 1. The number of rotatable bonds is 5. The van der Waals surface area contributed by atoms with E-state index < -0.39 is 0 Å². The van der Waals surface area contributed by atoms with Gasteiger partial charge in [-0.3, -0.25) is 4.79 Å². The van der Waals surface area contributed by atoms with Crippen LogP contribution >= 0.6 is 0 Å². The molecule has 1 aliphatic heterocycles. The molecule has 1 amide bonds. The van der Waals surface area contributed by atoms with Gasteiger partial charge in [-0.2, -0.15) is 0 Å². The fraction of sp³-hybridized carbons (Fsp3) is 0.417. The Morgan fingerprint density at radius 2 is 1.86 bits per heavy atom. The number of carbonyl (C=O) groups excluding carboxylic acids is 1. The molecule has 1 aromatic heterocycles. The summed E-state index contributed by atoms with van der Waals surface area (Å²) >= 11 is 0. The molecule has 4 rings (SSSR count). The number of anilines is 1. The molecule has 146 valence electrons. The van der Waals surface area contributed by atoms with Gasteiger partial charge in [0.2, 0.25) is 5.91 Å². The van der Waals surface area contributed by atoms with Crippen molar-refractivity contribution in [1.82, 2.24) is 9.55 Å². The minimum Gasteiger partial charge on any atom is -0.327 e. The monoisotopic (exact) mass is 375 g/mol. The molecule has 0 bridgehead atoms. The van der Waals surface area contributed by atoms with Gasteiger partial charge >= 0.3 is 0 Å². The lowest BCUT2D eigenvalue weighted by molar-refractivity contribution is -0.117. The Morgan fingerprint density at radius 3 is 2.57 bits per heavy atom. The number of imidazole rings is 1. The fourth-order valence-electron chi connectivity index (χ4n) is 4.28. The van der Waals surface area contributed by atoms with Crippen molar-refractivity contribution in [3.63, 3.8) is 0 Å². The van der Waals surface area contributed by atoms with E-state index in [1.807, 2.05) is 11.0 Å². The van der Waals surface area contributed by atoms with Gasteiger partial charge in [0, 0.05) is 31.1 Å². The predicted octanol–water partition coefficient (Wildman–Crippen LogP) is 5.22. The molecule has 2 atom stereocenters. The van der Waals surface area contributed by atoms with Crippen LogP contribution in [0, 0.1) is 19.8 Å². The molecule has 4 nitrogen and oxygen atoms in total. The number of aromatic nitrogens is 2. The van der Waals surface area contributed by atoms with Crippen LogP contribution in [-0.4, -0.2) is 22.0 Å². The molecule has 0 N–H and O–H groups in total. The first kappa shape index (κ1) is 18.7. The third-order valence-electron chi connectivity index (χ3n) is 5.88. The quantitative estimate of drug-likeness (QED) is 0.613. The van der Waals surface area contributed by atoms with E-state index in [9.17, 15) is 4.79 Å². The largest absolute Gasteiger partial charge is 0.327 e. The van der Waals surface area contributed by atoms with Gasteiger partial charge in [-0.15, -0.1) is 0 Å². The number of nitrogens with zero attached hydrogens (tertiary/aromatic N) is 3. The molecule has 1 saturated heterocycles. The molecule has 0 spiro atoms. The minimum absolute atomic E-state index is 0.129. The van der Waals surface area contributed by atoms with E-state index in [-0.39, 0.29) is 11.8 Å². The van der Waals surface area contributed by atoms with Crippen LogP contribution < -0.4 is 4.90 Å². The van der Waals surface area contributed by atoms with Gasteiger partial charge in [0.1, 0.15) is 5.82 Å². The maximum atomic E-state index is 12.9. The van der Waals surface area contributed by atoms with E-state index in [4.69, 9.17) is 4.98 Å². The van der Waals surface area contributed by atoms with Crippen molar-refractivity contribution < 1.29 is 4.79 Å². The number of benzene rings is 2. The average molecular weight is 376 g/mol. The van der Waals surface area contributed by atoms with Crippen molar-refractivity contribution in [2.24, 2.45) is 5.92 Å². The topological polar surface area (TPSA) is 38.1 Å². The van der Waals surface area contributed by atoms with Crippen molar-refractivity contribution in [1.29, 1.82) is 0 Å². The highest BCUT2D eigenvalue weighted by Crippen LogP contribution is 2.34. The Balaban J connectivity index is 1.70. The summed E-state index contributed by atoms with van der Waals surface area (Å²) in [5, 5.41) is 0. The molecular weight excluding hydrogens is 346 g/mol. The number of amides is 1. The van der Waals surface area contributed by atoms with E-state index in [0.29, 0.717) is 18.9 Å². The molecule has 0 aliphatic carbocycles. The second kappa shape index (κ2) is 7.42. The Morgan fingerprint density at radius 1 is 1.14 bits per heavy atom. The second-order valence-electron chi connectivity index (χ2n) is 8.33. The summed E-state index contributed by atoms with van der Waals surface area (Å²) in [5.74, 6) is 1.95. The van der Waals surface area contributed by atoms with Crippen LogP contribution in [0.15, 0.2) is 42.5 Å². The summed E-state index contributed by atoms with van der Waals surface area (Å²) in [4.78, 5) is 19.8. The van der Waals surface area contributed by atoms with Gasteiger partial charge in [-0.1, -0.05) is 38.5 Å². The van der Waals surface area contributed by atoms with Gasteiger partial charge < -0.3 is 9.47 Å². The van der Waals surface area contributed by atoms with E-state index in [2.05, 4.69) is 68.7 Å². The van der Waals surface area contributed by atoms with Crippen LogP contribution in [0.1, 0.15) is 49.6 Å². The zero-order valence-corrected chi connectivity index (χ0v) is 17.3. The number of hydrogen-bond donors (Lipinski definition) is 0. The zero-order chi connectivity index (χ0) is 19.8. The first-order valence-corrected chi connectivity index (χ1v) is 10.3. The highest BCUT2D eigenvalue weighted by molar-refractivity contribution is 5.96. The second-order valence-corrected chi connectivity index (χ2v) is 8.33. The lowest BCUT2D eigenvalue weighted by Gasteiger charge is -2.19. The van der Waals surface area contributed by atoms with Crippen LogP contribution in [0.2, 0.25) is 0 Å². The van der Waals surface area contributed by atoms with E-state index in [0.717, 1.165) is 30.0 Å². The summed E-state index contributed by atoms with van der Waals surface area (Å²) in [5.41, 5.74) is 5.59. The molecule has 1 aliphatic rings. The normalized spacial score (nSPS) is 18.2. The third-order valence-corrected chi connectivity index (χ3v) is 5.88. The Hall–Kier alpha value is -2.62. The molecule has 2 heterocycles. The summed E-state index contributed by atoms with van der Waals surface area (Å²) in [6.07, 6.45) is 1.65. The van der Waals surface area contributed by atoms with Crippen molar-refractivity contribution in [2.75, 3.05) is 11.4 Å². The standard InChI is InChI=1S/C24H29N3O/c1-5-16(2)14-27-22-9-7-6-8-21(22)25-24(27)19-13-23(28)26(15-19)20-11-17(3)10-18(4)12-20/h6-12,16,19H,5,13-15H2,1-4H3. The number of carbonyl (C=O) groups is 1. The van der Waals surface area contributed by atoms with Crippen molar-refractivity contribution in [3.05, 3.63) is 59.4 Å². The van der Waals surface area contributed by atoms with Gasteiger partial charge in [0.15, 0.2) is 0 Å². The molecule has 4 heteroatoms. The SMILES string of the molecule is CCC(C)Cn1c(C2CC(=O)N(c3cc(C)cc(C)c3)C2)nc2ccccc21. The van der Waals surface area contributed by atoms with Crippen LogP contribution in [0.5, 0.6) is 0 Å². The molecule has 3 aromatic rings. The molecule has 2 unspecified atom stereocenters. The number of hydrogen-bond acceptors (Lipinski definition) is 2. The van der Waals surface area contributed by atoms with Crippen molar-refractivity contribution >= 4 is 22.6 Å². The van der Waals surface area contributed by atoms with Crippen LogP contribution in [0.25, 0.3) is 11.0 Å². The Kier molecular flexibility index (Phi) is 4.96. The average Bonchev–Trinajstić information content (AvgIpc) is 3.22. The maximum Gasteiger partial charge on any atom is 0.227 e. The molecule has 0 saturated carbocycles. The van der Waals surface area contributed by atoms with Crippen LogP contribution in [-0.2, 0) is 11.3 Å².